The molecule has 0 aliphatic rings. The van der Waals surface area contributed by atoms with Crippen molar-refractivity contribution in [3.05, 3.63) is 47.2 Å². The summed E-state index contributed by atoms with van der Waals surface area (Å²) in [6.45, 7) is -3.36. The molecule has 12 heteroatoms. The van der Waals surface area contributed by atoms with Gasteiger partial charge >= 0.3 is 6.61 Å². The number of alkyl halides is 2. The molecule has 138 valence electrons. The molecule has 26 heavy (non-hydrogen) atoms. The zero-order valence-corrected chi connectivity index (χ0v) is 14.0. The van der Waals surface area contributed by atoms with Crippen LogP contribution in [0.3, 0.4) is 0 Å². The Morgan fingerprint density at radius 1 is 1.19 bits per heavy atom. The normalized spacial score (nSPS) is 11.9. The highest BCUT2D eigenvalue weighted by molar-refractivity contribution is 7.93. The summed E-state index contributed by atoms with van der Waals surface area (Å²) in [5.41, 5.74) is -0.606. The highest BCUT2D eigenvalue weighted by Crippen LogP contribution is 2.29. The Hall–Kier alpha value is -2.53. The van der Waals surface area contributed by atoms with E-state index in [0.29, 0.717) is 12.1 Å². The van der Waals surface area contributed by atoms with Crippen LogP contribution in [0.5, 0.6) is 5.75 Å². The SMILES string of the molecule is O=S(=O)(Nc1cc(F)c(OC(F)F)cc1F)c1c[nH]c2nc(Cl)ccc12. The van der Waals surface area contributed by atoms with Gasteiger partial charge in [0.05, 0.1) is 5.69 Å². The Morgan fingerprint density at radius 2 is 1.92 bits per heavy atom. The Kier molecular flexibility index (Phi) is 4.67. The second-order valence-electron chi connectivity index (χ2n) is 4.93. The van der Waals surface area contributed by atoms with Crippen LogP contribution < -0.4 is 9.46 Å². The van der Waals surface area contributed by atoms with Crippen molar-refractivity contribution in [2.75, 3.05) is 4.72 Å². The molecule has 0 aliphatic carbocycles. The molecule has 0 unspecified atom stereocenters. The number of fused-ring (bicyclic) bond motifs is 1. The minimum Gasteiger partial charge on any atom is -0.432 e. The van der Waals surface area contributed by atoms with Crippen molar-refractivity contribution in [1.82, 2.24) is 9.97 Å². The number of aromatic nitrogens is 2. The van der Waals surface area contributed by atoms with Gasteiger partial charge in [0, 0.05) is 23.7 Å². The number of sulfonamides is 1. The van der Waals surface area contributed by atoms with Crippen LogP contribution in [0.25, 0.3) is 11.0 Å². The van der Waals surface area contributed by atoms with Gasteiger partial charge in [-0.05, 0) is 12.1 Å². The van der Waals surface area contributed by atoms with Crippen molar-refractivity contribution in [3.8, 4) is 5.75 Å². The molecule has 0 radical (unpaired) electrons. The quantitative estimate of drug-likeness (QED) is 0.494. The number of hydrogen-bond donors (Lipinski definition) is 2. The molecule has 2 N–H and O–H groups in total. The summed E-state index contributed by atoms with van der Waals surface area (Å²) in [6.07, 6.45) is 1.10. The first kappa shape index (κ1) is 18.3. The molecule has 1 aromatic carbocycles. The molecule has 0 fully saturated rings. The Balaban J connectivity index is 1.98. The molecule has 0 saturated heterocycles. The zero-order valence-electron chi connectivity index (χ0n) is 12.4. The third-order valence-corrected chi connectivity index (χ3v) is 4.85. The molecule has 3 rings (SSSR count). The first-order valence-electron chi connectivity index (χ1n) is 6.77. The van der Waals surface area contributed by atoms with E-state index >= 15 is 0 Å². The molecule has 2 heterocycles. The van der Waals surface area contributed by atoms with Gasteiger partial charge < -0.3 is 9.72 Å². The second-order valence-corrected chi connectivity index (χ2v) is 6.97. The van der Waals surface area contributed by atoms with Crippen LogP contribution in [0, 0.1) is 11.6 Å². The molecular weight excluding hydrogens is 402 g/mol. The molecule has 0 bridgehead atoms. The van der Waals surface area contributed by atoms with Gasteiger partial charge in [-0.3, -0.25) is 4.72 Å². The number of nitrogens with one attached hydrogen (secondary N) is 2. The maximum atomic E-state index is 14.0. The molecule has 0 aliphatic heterocycles. The van der Waals surface area contributed by atoms with Gasteiger partial charge in [-0.15, -0.1) is 0 Å². The third kappa shape index (κ3) is 3.53. The fraction of sp³-hybridized carbons (Fsp3) is 0.0714. The monoisotopic (exact) mass is 409 g/mol. The van der Waals surface area contributed by atoms with Crippen LogP contribution in [-0.2, 0) is 10.0 Å². The lowest BCUT2D eigenvalue weighted by atomic mass is 10.3. The number of ether oxygens (including phenoxy) is 1. The molecule has 6 nitrogen and oxygen atoms in total. The van der Waals surface area contributed by atoms with Crippen molar-refractivity contribution in [3.63, 3.8) is 0 Å². The summed E-state index contributed by atoms with van der Waals surface area (Å²) < 4.78 is 82.5. The maximum absolute atomic E-state index is 14.0. The molecule has 0 spiro atoms. The van der Waals surface area contributed by atoms with E-state index in [-0.39, 0.29) is 21.1 Å². The number of hydrogen-bond acceptors (Lipinski definition) is 4. The van der Waals surface area contributed by atoms with Gasteiger partial charge in [-0.25, -0.2) is 22.2 Å². The lowest BCUT2D eigenvalue weighted by Gasteiger charge is -2.11. The summed E-state index contributed by atoms with van der Waals surface area (Å²) in [6, 6.07) is 3.45. The largest absolute Gasteiger partial charge is 0.432 e. The number of pyridine rings is 1. The third-order valence-electron chi connectivity index (χ3n) is 3.24. The summed E-state index contributed by atoms with van der Waals surface area (Å²) >= 11 is 5.71. The van der Waals surface area contributed by atoms with Gasteiger partial charge in [0.25, 0.3) is 10.0 Å². The van der Waals surface area contributed by atoms with E-state index < -0.39 is 39.7 Å². The van der Waals surface area contributed by atoms with Gasteiger partial charge in [0.1, 0.15) is 15.7 Å². The van der Waals surface area contributed by atoms with Crippen LogP contribution in [0.4, 0.5) is 23.2 Å². The molecule has 0 saturated carbocycles. The van der Waals surface area contributed by atoms with Gasteiger partial charge in [-0.1, -0.05) is 11.6 Å². The second kappa shape index (κ2) is 6.65. The van der Waals surface area contributed by atoms with E-state index in [4.69, 9.17) is 11.6 Å². The van der Waals surface area contributed by atoms with Crippen LogP contribution >= 0.6 is 11.6 Å². The summed E-state index contributed by atoms with van der Waals surface area (Å²) in [5, 5.41) is 0.291. The molecular formula is C14H8ClF4N3O3S. The minimum atomic E-state index is -4.34. The topological polar surface area (TPSA) is 84.1 Å². The van der Waals surface area contributed by atoms with Crippen molar-refractivity contribution in [1.29, 1.82) is 0 Å². The van der Waals surface area contributed by atoms with Crippen LogP contribution in [0.1, 0.15) is 0 Å². The molecule has 2 aromatic heterocycles. The predicted molar refractivity (Wildman–Crippen MR) is 84.9 cm³/mol. The number of H-pyrrole nitrogens is 1. The summed E-state index contributed by atoms with van der Waals surface area (Å²) in [7, 11) is -4.34. The Bertz CT molecular complexity index is 1090. The fourth-order valence-corrected chi connectivity index (χ4v) is 3.54. The number of anilines is 1. The molecule has 0 amide bonds. The van der Waals surface area contributed by atoms with Gasteiger partial charge in [0.2, 0.25) is 0 Å². The maximum Gasteiger partial charge on any atom is 0.387 e. The number of halogens is 5. The summed E-state index contributed by atoms with van der Waals surface area (Å²) in [4.78, 5) is 6.19. The van der Waals surface area contributed by atoms with Crippen molar-refractivity contribution in [2.24, 2.45) is 0 Å². The van der Waals surface area contributed by atoms with Crippen molar-refractivity contribution in [2.45, 2.75) is 11.5 Å². The lowest BCUT2D eigenvalue weighted by molar-refractivity contribution is -0.0523. The average molecular weight is 410 g/mol. The highest BCUT2D eigenvalue weighted by Gasteiger charge is 2.23. The smallest absolute Gasteiger partial charge is 0.387 e. The first-order chi connectivity index (χ1) is 12.2. The van der Waals surface area contributed by atoms with Crippen LogP contribution in [0.15, 0.2) is 35.4 Å². The van der Waals surface area contributed by atoms with Crippen molar-refractivity contribution < 1.29 is 30.7 Å². The predicted octanol–water partition coefficient (Wildman–Crippen LogP) is 3.90. The number of rotatable bonds is 5. The van der Waals surface area contributed by atoms with Crippen LogP contribution in [0.2, 0.25) is 5.15 Å². The van der Waals surface area contributed by atoms with Gasteiger partial charge in [-0.2, -0.15) is 8.78 Å². The number of nitrogens with zero attached hydrogens (tertiary/aromatic N) is 1. The number of aromatic amines is 1. The molecule has 0 atom stereocenters. The molecule has 3 aromatic rings. The van der Waals surface area contributed by atoms with Gasteiger partial charge in [0.15, 0.2) is 17.4 Å². The first-order valence-corrected chi connectivity index (χ1v) is 8.64. The van der Waals surface area contributed by atoms with E-state index in [1.54, 1.807) is 0 Å². The van der Waals surface area contributed by atoms with E-state index in [9.17, 15) is 26.0 Å². The zero-order chi connectivity index (χ0) is 19.1. The lowest BCUT2D eigenvalue weighted by Crippen LogP contribution is -2.14. The Labute approximate surface area is 148 Å². The standard InChI is InChI=1S/C14H8ClF4N3O3S/c15-12-2-1-6-11(5-20-13(6)21-12)26(23,24)22-9-3-8(17)10(4-7(9)16)25-14(18)19/h1-5,14,22H,(H,20,21). The van der Waals surface area contributed by atoms with E-state index in [0.717, 1.165) is 6.20 Å². The van der Waals surface area contributed by atoms with E-state index in [1.165, 1.54) is 12.1 Å². The average Bonchev–Trinajstić information content (AvgIpc) is 2.95. The van der Waals surface area contributed by atoms with Crippen LogP contribution in [-0.4, -0.2) is 25.0 Å². The fourth-order valence-electron chi connectivity index (χ4n) is 2.17. The highest BCUT2D eigenvalue weighted by atomic mass is 35.5. The minimum absolute atomic E-state index is 0.124. The number of benzene rings is 1. The van der Waals surface area contributed by atoms with E-state index in [1.807, 2.05) is 4.72 Å². The van der Waals surface area contributed by atoms with Crippen molar-refractivity contribution >= 4 is 38.3 Å². The van der Waals surface area contributed by atoms with E-state index in [2.05, 4.69) is 14.7 Å². The summed E-state index contributed by atoms with van der Waals surface area (Å²) in [5.74, 6) is -3.71. The Morgan fingerprint density at radius 3 is 2.62 bits per heavy atom.